The molecule has 0 saturated heterocycles. The maximum absolute atomic E-state index is 6.02. The Morgan fingerprint density at radius 1 is 1.29 bits per heavy atom. The fourth-order valence-corrected chi connectivity index (χ4v) is 2.05. The lowest BCUT2D eigenvalue weighted by Crippen LogP contribution is -2.21. The fourth-order valence-electron chi connectivity index (χ4n) is 2.05. The quantitative estimate of drug-likeness (QED) is 0.808. The minimum Gasteiger partial charge on any atom is -0.485 e. The number of ether oxygens (including phenoxy) is 1. The summed E-state index contributed by atoms with van der Waals surface area (Å²) >= 11 is 0. The molecule has 114 valence electrons. The van der Waals surface area contributed by atoms with E-state index in [2.05, 4.69) is 24.0 Å². The van der Waals surface area contributed by atoms with Crippen LogP contribution in [0.3, 0.4) is 0 Å². The van der Waals surface area contributed by atoms with Crippen LogP contribution in [-0.4, -0.2) is 16.2 Å². The highest BCUT2D eigenvalue weighted by Gasteiger charge is 2.10. The average Bonchev–Trinajstić information content (AvgIpc) is 2.94. The number of hydrogen-bond acceptors (Lipinski definition) is 5. The second-order valence-electron chi connectivity index (χ2n) is 5.12. The van der Waals surface area contributed by atoms with Crippen molar-refractivity contribution in [2.75, 3.05) is 0 Å². The molecule has 2 N–H and O–H groups in total. The first-order valence-electron chi connectivity index (χ1n) is 7.50. The summed E-state index contributed by atoms with van der Waals surface area (Å²) in [6.45, 7) is 4.47. The molecule has 0 spiro atoms. The summed E-state index contributed by atoms with van der Waals surface area (Å²) in [5.74, 6) is 2.08. The van der Waals surface area contributed by atoms with Crippen molar-refractivity contribution in [3.05, 3.63) is 41.5 Å². The van der Waals surface area contributed by atoms with Crippen molar-refractivity contribution in [3.63, 3.8) is 0 Å². The van der Waals surface area contributed by atoms with Crippen LogP contribution in [0.25, 0.3) is 0 Å². The van der Waals surface area contributed by atoms with Crippen molar-refractivity contribution in [3.8, 4) is 5.75 Å². The third kappa shape index (κ3) is 4.56. The van der Waals surface area contributed by atoms with Crippen molar-refractivity contribution in [1.82, 2.24) is 10.1 Å². The van der Waals surface area contributed by atoms with Gasteiger partial charge in [0.1, 0.15) is 5.75 Å². The van der Waals surface area contributed by atoms with E-state index in [4.69, 9.17) is 15.0 Å². The highest BCUT2D eigenvalue weighted by Crippen LogP contribution is 2.20. The largest absolute Gasteiger partial charge is 0.485 e. The maximum Gasteiger partial charge on any atom is 0.226 e. The fraction of sp³-hybridized carbons (Fsp3) is 0.500. The Hall–Kier alpha value is -1.88. The molecule has 5 nitrogen and oxygen atoms in total. The normalized spacial score (nSPS) is 12.3. The second-order valence-corrected chi connectivity index (χ2v) is 5.12. The Labute approximate surface area is 125 Å². The van der Waals surface area contributed by atoms with Gasteiger partial charge in [-0.25, -0.2) is 0 Å². The van der Waals surface area contributed by atoms with Gasteiger partial charge in [0.25, 0.3) is 0 Å². The Balaban J connectivity index is 1.98. The molecule has 1 atom stereocenters. The molecule has 1 unspecified atom stereocenters. The minimum absolute atomic E-state index is 0.149. The molecule has 1 heterocycles. The first-order valence-corrected chi connectivity index (χ1v) is 7.50. The molecular weight excluding hydrogens is 266 g/mol. The van der Waals surface area contributed by atoms with Crippen LogP contribution in [0.1, 0.15) is 44.0 Å². The van der Waals surface area contributed by atoms with E-state index >= 15 is 0 Å². The molecule has 1 aromatic heterocycles. The first-order chi connectivity index (χ1) is 10.2. The summed E-state index contributed by atoms with van der Waals surface area (Å²) in [6, 6.07) is 8.10. The van der Waals surface area contributed by atoms with Gasteiger partial charge in [-0.2, -0.15) is 4.98 Å². The summed E-state index contributed by atoms with van der Waals surface area (Å²) in [4.78, 5) is 4.29. The van der Waals surface area contributed by atoms with Crippen molar-refractivity contribution in [1.29, 1.82) is 0 Å². The van der Waals surface area contributed by atoms with E-state index in [1.54, 1.807) is 0 Å². The monoisotopic (exact) mass is 289 g/mol. The van der Waals surface area contributed by atoms with Gasteiger partial charge in [0.05, 0.1) is 0 Å². The van der Waals surface area contributed by atoms with Crippen LogP contribution in [0.4, 0.5) is 0 Å². The molecule has 0 amide bonds. The Morgan fingerprint density at radius 2 is 2.10 bits per heavy atom. The van der Waals surface area contributed by atoms with Crippen LogP contribution in [0.5, 0.6) is 5.75 Å². The molecule has 2 aromatic rings. The van der Waals surface area contributed by atoms with Gasteiger partial charge in [0.2, 0.25) is 11.7 Å². The van der Waals surface area contributed by atoms with Gasteiger partial charge in [0.15, 0.2) is 6.61 Å². The predicted molar refractivity (Wildman–Crippen MR) is 81.0 cm³/mol. The standard InChI is InChI=1S/C16H23N3O2/c1-3-7-16-18-15(19-21-16)11-20-14-9-6-5-8-12(14)10-13(17)4-2/h5-6,8-9,13H,3-4,7,10-11,17H2,1-2H3. The zero-order valence-corrected chi connectivity index (χ0v) is 12.7. The van der Waals surface area contributed by atoms with Crippen molar-refractivity contribution < 1.29 is 9.26 Å². The number of hydrogen-bond donors (Lipinski definition) is 1. The van der Waals surface area contributed by atoms with Gasteiger partial charge in [0, 0.05) is 12.5 Å². The van der Waals surface area contributed by atoms with Gasteiger partial charge in [-0.15, -0.1) is 0 Å². The number of aromatic nitrogens is 2. The van der Waals surface area contributed by atoms with E-state index in [-0.39, 0.29) is 6.04 Å². The number of para-hydroxylation sites is 1. The van der Waals surface area contributed by atoms with Crippen LogP contribution in [-0.2, 0) is 19.4 Å². The molecule has 5 heteroatoms. The molecule has 0 saturated carbocycles. The molecule has 1 aromatic carbocycles. The third-order valence-electron chi connectivity index (χ3n) is 3.31. The molecule has 0 bridgehead atoms. The van der Waals surface area contributed by atoms with Gasteiger partial charge in [-0.05, 0) is 30.9 Å². The van der Waals surface area contributed by atoms with Crippen LogP contribution < -0.4 is 10.5 Å². The molecule has 0 aliphatic carbocycles. The number of rotatable bonds is 8. The SMILES string of the molecule is CCCc1nc(COc2ccccc2CC(N)CC)no1. The summed E-state index contributed by atoms with van der Waals surface area (Å²) in [7, 11) is 0. The Morgan fingerprint density at radius 3 is 2.86 bits per heavy atom. The maximum atomic E-state index is 6.02. The van der Waals surface area contributed by atoms with E-state index in [9.17, 15) is 0 Å². The molecule has 21 heavy (non-hydrogen) atoms. The summed E-state index contributed by atoms with van der Waals surface area (Å²) < 4.78 is 11.0. The summed E-state index contributed by atoms with van der Waals surface area (Å²) in [5.41, 5.74) is 7.14. The smallest absolute Gasteiger partial charge is 0.226 e. The number of aryl methyl sites for hydroxylation is 1. The van der Waals surface area contributed by atoms with Gasteiger partial charge < -0.3 is 15.0 Å². The molecule has 0 fully saturated rings. The number of nitrogens with two attached hydrogens (primary N) is 1. The lowest BCUT2D eigenvalue weighted by molar-refractivity contribution is 0.282. The lowest BCUT2D eigenvalue weighted by atomic mass is 10.0. The predicted octanol–water partition coefficient (Wildman–Crippen LogP) is 2.88. The summed E-state index contributed by atoms with van der Waals surface area (Å²) in [6.07, 6.45) is 3.54. The van der Waals surface area contributed by atoms with Crippen LogP contribution in [0.2, 0.25) is 0 Å². The highest BCUT2D eigenvalue weighted by molar-refractivity contribution is 5.34. The van der Waals surface area contributed by atoms with E-state index in [0.29, 0.717) is 18.3 Å². The van der Waals surface area contributed by atoms with E-state index in [1.807, 2.05) is 24.3 Å². The summed E-state index contributed by atoms with van der Waals surface area (Å²) in [5, 5.41) is 3.92. The van der Waals surface area contributed by atoms with E-state index < -0.39 is 0 Å². The molecular formula is C16H23N3O2. The van der Waals surface area contributed by atoms with Gasteiger partial charge in [-0.3, -0.25) is 0 Å². The third-order valence-corrected chi connectivity index (χ3v) is 3.31. The molecule has 2 rings (SSSR count). The Kier molecular flexibility index (Phi) is 5.75. The average molecular weight is 289 g/mol. The first kappa shape index (κ1) is 15.5. The zero-order chi connectivity index (χ0) is 15.1. The topological polar surface area (TPSA) is 74.2 Å². The van der Waals surface area contributed by atoms with Gasteiger partial charge in [-0.1, -0.05) is 37.2 Å². The van der Waals surface area contributed by atoms with Crippen LogP contribution >= 0.6 is 0 Å². The van der Waals surface area contributed by atoms with Crippen LogP contribution in [0.15, 0.2) is 28.8 Å². The molecule has 0 aliphatic heterocycles. The second kappa shape index (κ2) is 7.78. The van der Waals surface area contributed by atoms with Crippen molar-refractivity contribution >= 4 is 0 Å². The lowest BCUT2D eigenvalue weighted by Gasteiger charge is -2.13. The highest BCUT2D eigenvalue weighted by atomic mass is 16.5. The van der Waals surface area contributed by atoms with E-state index in [1.165, 1.54) is 0 Å². The number of benzene rings is 1. The number of nitrogens with zero attached hydrogens (tertiary/aromatic N) is 2. The van der Waals surface area contributed by atoms with Crippen LogP contribution in [0, 0.1) is 0 Å². The Bertz CT molecular complexity index is 554. The molecule has 0 radical (unpaired) electrons. The van der Waals surface area contributed by atoms with Crippen molar-refractivity contribution in [2.45, 2.75) is 52.2 Å². The zero-order valence-electron chi connectivity index (χ0n) is 12.7. The molecule has 0 aliphatic rings. The van der Waals surface area contributed by atoms with Crippen molar-refractivity contribution in [2.24, 2.45) is 5.73 Å². The van der Waals surface area contributed by atoms with E-state index in [0.717, 1.165) is 37.0 Å². The van der Waals surface area contributed by atoms with Gasteiger partial charge >= 0.3 is 0 Å². The minimum atomic E-state index is 0.149.